The molecule has 0 N–H and O–H groups in total. The maximum Gasteiger partial charge on any atom is 0.164 e. The summed E-state index contributed by atoms with van der Waals surface area (Å²) in [6, 6.07) is 60.5. The van der Waals surface area contributed by atoms with Crippen LogP contribution in [0.3, 0.4) is 0 Å². The average Bonchev–Trinajstić information content (AvgIpc) is 3.82. The van der Waals surface area contributed by atoms with Gasteiger partial charge in [-0.15, -0.1) is 0 Å². The molecule has 0 aliphatic heterocycles. The third-order valence-corrected chi connectivity index (χ3v) is 10.3. The minimum Gasteiger partial charge on any atom is -0.456 e. The summed E-state index contributed by atoms with van der Waals surface area (Å²) < 4.78 is 12.7. The van der Waals surface area contributed by atoms with Crippen molar-refractivity contribution in [2.75, 3.05) is 0 Å². The second-order valence-corrected chi connectivity index (χ2v) is 13.6. The van der Waals surface area contributed by atoms with E-state index in [4.69, 9.17) is 23.8 Å². The van der Waals surface area contributed by atoms with Gasteiger partial charge in [0.05, 0.1) is 0 Å². The summed E-state index contributed by atoms with van der Waals surface area (Å²) in [7, 11) is 0. The molecule has 0 saturated heterocycles. The summed E-state index contributed by atoms with van der Waals surface area (Å²) in [6.07, 6.45) is 0. The molecular formula is C49H29N3O2. The highest BCUT2D eigenvalue weighted by atomic mass is 16.3. The van der Waals surface area contributed by atoms with Crippen LogP contribution in [0.1, 0.15) is 0 Å². The lowest BCUT2D eigenvalue weighted by Crippen LogP contribution is -2.00. The number of fused-ring (bicyclic) bond motifs is 7. The Morgan fingerprint density at radius 3 is 1.67 bits per heavy atom. The van der Waals surface area contributed by atoms with E-state index in [9.17, 15) is 0 Å². The Labute approximate surface area is 309 Å². The summed E-state index contributed by atoms with van der Waals surface area (Å²) >= 11 is 0. The first-order valence-electron chi connectivity index (χ1n) is 18.0. The first kappa shape index (κ1) is 30.3. The van der Waals surface area contributed by atoms with Crippen molar-refractivity contribution >= 4 is 54.6 Å². The van der Waals surface area contributed by atoms with Gasteiger partial charge in [0.1, 0.15) is 22.3 Å². The fourth-order valence-corrected chi connectivity index (χ4v) is 7.72. The summed E-state index contributed by atoms with van der Waals surface area (Å²) in [5.41, 5.74) is 10.5. The topological polar surface area (TPSA) is 65.0 Å². The third-order valence-electron chi connectivity index (χ3n) is 10.3. The molecule has 0 unspecified atom stereocenters. The molecule has 0 spiro atoms. The number of aromatic nitrogens is 3. The van der Waals surface area contributed by atoms with E-state index in [-0.39, 0.29) is 0 Å². The number of hydrogen-bond acceptors (Lipinski definition) is 5. The summed E-state index contributed by atoms with van der Waals surface area (Å²) in [5, 5.41) is 6.43. The van der Waals surface area contributed by atoms with E-state index in [0.29, 0.717) is 17.5 Å². The van der Waals surface area contributed by atoms with Gasteiger partial charge in [-0.3, -0.25) is 0 Å². The molecule has 3 aromatic heterocycles. The molecule has 0 bridgehead atoms. The minimum atomic E-state index is 0.580. The van der Waals surface area contributed by atoms with Gasteiger partial charge >= 0.3 is 0 Å². The SMILES string of the molecule is c1ccc(-c2ccc(-c3nc(-c4ccc5ccccc5c4)nc(-c4cccc5oc6ccc(-c7cccc8oc9ccccc9c78)cc6c45)n3)cc2)cc1. The van der Waals surface area contributed by atoms with Gasteiger partial charge in [-0.05, 0) is 69.4 Å². The van der Waals surface area contributed by atoms with Crippen LogP contribution in [0, 0.1) is 0 Å². The van der Waals surface area contributed by atoms with Crippen molar-refractivity contribution in [2.45, 2.75) is 0 Å². The Morgan fingerprint density at radius 2 is 0.852 bits per heavy atom. The first-order valence-corrected chi connectivity index (χ1v) is 18.0. The van der Waals surface area contributed by atoms with Crippen molar-refractivity contribution in [3.8, 4) is 56.4 Å². The predicted molar refractivity (Wildman–Crippen MR) is 219 cm³/mol. The molecule has 0 radical (unpaired) electrons. The largest absolute Gasteiger partial charge is 0.456 e. The number of hydrogen-bond donors (Lipinski definition) is 0. The zero-order valence-electron chi connectivity index (χ0n) is 28.9. The molecule has 5 nitrogen and oxygen atoms in total. The lowest BCUT2D eigenvalue weighted by Gasteiger charge is -2.10. The molecule has 0 saturated carbocycles. The molecule has 3 heterocycles. The minimum absolute atomic E-state index is 0.580. The van der Waals surface area contributed by atoms with Gasteiger partial charge in [0.15, 0.2) is 17.5 Å². The molecule has 0 aliphatic rings. The van der Waals surface area contributed by atoms with Crippen molar-refractivity contribution in [3.63, 3.8) is 0 Å². The number of benzene rings is 8. The number of para-hydroxylation sites is 1. The van der Waals surface area contributed by atoms with E-state index in [1.54, 1.807) is 0 Å². The Bertz CT molecular complexity index is 3210. The molecule has 0 amide bonds. The standard InChI is InChI=1S/C49H29N3O2/c1-2-10-30(11-3-1)32-20-23-33(24-21-32)47-50-48(36-25-22-31-12-4-5-13-34(31)28-36)52-49(51-47)39-16-9-19-44-46(39)40-29-35(26-27-42(40)54-44)37-15-8-18-43-45(37)38-14-6-7-17-41(38)53-43/h1-29H. The van der Waals surface area contributed by atoms with Crippen LogP contribution in [-0.4, -0.2) is 15.0 Å². The molecule has 11 rings (SSSR count). The fourth-order valence-electron chi connectivity index (χ4n) is 7.72. The van der Waals surface area contributed by atoms with Crippen LogP contribution >= 0.6 is 0 Å². The van der Waals surface area contributed by atoms with Gasteiger partial charge in [-0.25, -0.2) is 15.0 Å². The number of furan rings is 2. The van der Waals surface area contributed by atoms with Crippen molar-refractivity contribution in [1.82, 2.24) is 15.0 Å². The molecule has 5 heteroatoms. The molecular weight excluding hydrogens is 663 g/mol. The van der Waals surface area contributed by atoms with E-state index >= 15 is 0 Å². The lowest BCUT2D eigenvalue weighted by molar-refractivity contribution is 0.669. The zero-order chi connectivity index (χ0) is 35.6. The second-order valence-electron chi connectivity index (χ2n) is 13.6. The Hall–Kier alpha value is -7.37. The van der Waals surface area contributed by atoms with E-state index in [2.05, 4.69) is 140 Å². The molecule has 0 atom stereocenters. The highest BCUT2D eigenvalue weighted by Crippen LogP contribution is 2.41. The van der Waals surface area contributed by atoms with Crippen LogP contribution in [0.25, 0.3) is 111 Å². The monoisotopic (exact) mass is 691 g/mol. The van der Waals surface area contributed by atoms with Gasteiger partial charge in [-0.2, -0.15) is 0 Å². The predicted octanol–water partition coefficient (Wildman–Crippen LogP) is 13.2. The Morgan fingerprint density at radius 1 is 0.296 bits per heavy atom. The van der Waals surface area contributed by atoms with Crippen molar-refractivity contribution in [2.24, 2.45) is 0 Å². The molecule has 252 valence electrons. The van der Waals surface area contributed by atoms with Crippen molar-refractivity contribution in [1.29, 1.82) is 0 Å². The molecule has 0 aliphatic carbocycles. The molecule has 54 heavy (non-hydrogen) atoms. The summed E-state index contributed by atoms with van der Waals surface area (Å²) in [6.45, 7) is 0. The molecule has 11 aromatic rings. The van der Waals surface area contributed by atoms with Gasteiger partial charge in [0, 0.05) is 38.2 Å². The van der Waals surface area contributed by atoms with E-state index < -0.39 is 0 Å². The third kappa shape index (κ3) is 4.98. The Balaban J connectivity index is 1.11. The van der Waals surface area contributed by atoms with Crippen LogP contribution < -0.4 is 0 Å². The van der Waals surface area contributed by atoms with Gasteiger partial charge in [0.25, 0.3) is 0 Å². The molecule has 0 fully saturated rings. The van der Waals surface area contributed by atoms with E-state index in [1.807, 2.05) is 36.4 Å². The number of nitrogens with zero attached hydrogens (tertiary/aromatic N) is 3. The van der Waals surface area contributed by atoms with Crippen molar-refractivity contribution < 1.29 is 8.83 Å². The van der Waals surface area contributed by atoms with Gasteiger partial charge < -0.3 is 8.83 Å². The van der Waals surface area contributed by atoms with Gasteiger partial charge in [0.2, 0.25) is 0 Å². The zero-order valence-corrected chi connectivity index (χ0v) is 28.9. The first-order chi connectivity index (χ1) is 26.7. The van der Waals surface area contributed by atoms with Crippen LogP contribution in [0.5, 0.6) is 0 Å². The molecule has 8 aromatic carbocycles. The lowest BCUT2D eigenvalue weighted by atomic mass is 9.97. The van der Waals surface area contributed by atoms with Crippen LogP contribution in [-0.2, 0) is 0 Å². The van der Waals surface area contributed by atoms with E-state index in [1.165, 1.54) is 0 Å². The summed E-state index contributed by atoms with van der Waals surface area (Å²) in [5.74, 6) is 1.79. The van der Waals surface area contributed by atoms with Gasteiger partial charge in [-0.1, -0.05) is 140 Å². The quantitative estimate of drug-likeness (QED) is 0.180. The second kappa shape index (κ2) is 12.1. The van der Waals surface area contributed by atoms with Crippen LogP contribution in [0.15, 0.2) is 185 Å². The van der Waals surface area contributed by atoms with E-state index in [0.717, 1.165) is 93.6 Å². The average molecular weight is 692 g/mol. The Kier molecular flexibility index (Phi) is 6.79. The fraction of sp³-hybridized carbons (Fsp3) is 0. The van der Waals surface area contributed by atoms with Crippen LogP contribution in [0.4, 0.5) is 0 Å². The highest BCUT2D eigenvalue weighted by molar-refractivity contribution is 6.16. The smallest absolute Gasteiger partial charge is 0.164 e. The van der Waals surface area contributed by atoms with Crippen LogP contribution in [0.2, 0.25) is 0 Å². The number of rotatable bonds is 5. The maximum atomic E-state index is 6.49. The van der Waals surface area contributed by atoms with Crippen molar-refractivity contribution in [3.05, 3.63) is 176 Å². The summed E-state index contributed by atoms with van der Waals surface area (Å²) in [4.78, 5) is 15.4. The normalized spacial score (nSPS) is 11.7. The highest BCUT2D eigenvalue weighted by Gasteiger charge is 2.20. The maximum absolute atomic E-state index is 6.49.